The minimum absolute atomic E-state index is 0.0480. The number of fused-ring (bicyclic) bond motifs is 6. The molecule has 0 radical (unpaired) electrons. The van der Waals surface area contributed by atoms with E-state index in [4.69, 9.17) is 18.0 Å². The van der Waals surface area contributed by atoms with E-state index in [0.717, 1.165) is 0 Å². The van der Waals surface area contributed by atoms with Gasteiger partial charge in [0.25, 0.3) is 0 Å². The molecule has 0 spiro atoms. The van der Waals surface area contributed by atoms with Crippen LogP contribution in [0.5, 0.6) is 28.7 Å². The Morgan fingerprint density at radius 2 is 0.982 bits per heavy atom. The van der Waals surface area contributed by atoms with Crippen LogP contribution < -0.4 is 4.74 Å². The predicted molar refractivity (Wildman–Crippen MR) is 202 cm³/mol. The molecule has 12 nitrogen and oxygen atoms in total. The molecule has 0 fully saturated rings. The number of ketones is 4. The average Bonchev–Trinajstić information content (AvgIpc) is 3.92. The fraction of sp³-hybridized carbons (Fsp3) is 0.182. The van der Waals surface area contributed by atoms with Gasteiger partial charge in [-0.2, -0.15) is 0 Å². The summed E-state index contributed by atoms with van der Waals surface area (Å²) in [5, 5.41) is 44.7. The van der Waals surface area contributed by atoms with E-state index in [9.17, 15) is 39.6 Å². The first kappa shape index (κ1) is 34.7. The van der Waals surface area contributed by atoms with Crippen LogP contribution in [0.15, 0.2) is 85.7 Å². The zero-order chi connectivity index (χ0) is 39.5. The summed E-state index contributed by atoms with van der Waals surface area (Å²) in [4.78, 5) is 50.0. The lowest BCUT2D eigenvalue weighted by atomic mass is 9.61. The fourth-order valence-electron chi connectivity index (χ4n) is 8.38. The van der Waals surface area contributed by atoms with E-state index in [1.165, 1.54) is 52.0 Å². The van der Waals surface area contributed by atoms with Crippen molar-refractivity contribution in [3.05, 3.63) is 118 Å². The molecule has 56 heavy (non-hydrogen) atoms. The van der Waals surface area contributed by atoms with Crippen LogP contribution in [0, 0.1) is 0 Å². The molecule has 4 N–H and O–H groups in total. The minimum atomic E-state index is -1.31. The van der Waals surface area contributed by atoms with Gasteiger partial charge >= 0.3 is 0 Å². The molecule has 0 unspecified atom stereocenters. The van der Waals surface area contributed by atoms with Crippen LogP contribution >= 0.6 is 0 Å². The number of Topliss-reactive ketones (excluding diaryl/α,β-unsaturated/α-hetero) is 4. The number of aromatic hydroxyl groups is 4. The number of carbonyl (C=O) groups is 4. The van der Waals surface area contributed by atoms with Gasteiger partial charge in [-0.3, -0.25) is 19.2 Å². The summed E-state index contributed by atoms with van der Waals surface area (Å²) >= 11 is 0. The van der Waals surface area contributed by atoms with Gasteiger partial charge in [0.05, 0.1) is 28.2 Å². The van der Waals surface area contributed by atoms with Crippen molar-refractivity contribution in [2.24, 2.45) is 0 Å². The van der Waals surface area contributed by atoms with Gasteiger partial charge in [0.1, 0.15) is 74.0 Å². The normalized spacial score (nSPS) is 16.0. The van der Waals surface area contributed by atoms with Gasteiger partial charge in [0.15, 0.2) is 23.1 Å². The molecule has 1 aliphatic carbocycles. The van der Waals surface area contributed by atoms with Gasteiger partial charge in [0, 0.05) is 51.6 Å². The Balaban J connectivity index is 1.36. The number of hydrogen-bond acceptors (Lipinski definition) is 12. The number of benzene rings is 4. The van der Waals surface area contributed by atoms with E-state index < -0.39 is 17.1 Å². The van der Waals surface area contributed by atoms with E-state index in [1.807, 2.05) is 0 Å². The first-order chi connectivity index (χ1) is 26.6. The summed E-state index contributed by atoms with van der Waals surface area (Å²) in [5.41, 5.74) is 1.07. The summed E-state index contributed by atoms with van der Waals surface area (Å²) in [5.74, 6) is -1.58. The van der Waals surface area contributed by atoms with E-state index >= 15 is 0 Å². The number of furan rings is 3. The Morgan fingerprint density at radius 3 is 1.46 bits per heavy atom. The summed E-state index contributed by atoms with van der Waals surface area (Å²) < 4.78 is 26.2. The molecule has 9 rings (SSSR count). The van der Waals surface area contributed by atoms with E-state index in [2.05, 4.69) is 0 Å². The molecule has 0 amide bonds. The van der Waals surface area contributed by atoms with Crippen LogP contribution in [0.1, 0.15) is 111 Å². The first-order valence-corrected chi connectivity index (χ1v) is 17.8. The summed E-state index contributed by atoms with van der Waals surface area (Å²) in [6.45, 7) is 5.38. The van der Waals surface area contributed by atoms with Crippen molar-refractivity contribution in [2.45, 2.75) is 51.9 Å². The molecular weight excluding hydrogens is 720 g/mol. The molecule has 4 aromatic carbocycles. The van der Waals surface area contributed by atoms with Crippen molar-refractivity contribution < 1.29 is 57.6 Å². The van der Waals surface area contributed by atoms with Gasteiger partial charge < -0.3 is 38.4 Å². The van der Waals surface area contributed by atoms with Gasteiger partial charge in [-0.25, -0.2) is 0 Å². The Hall–Kier alpha value is -7.08. The lowest BCUT2D eigenvalue weighted by Crippen LogP contribution is -2.37. The summed E-state index contributed by atoms with van der Waals surface area (Å²) in [6, 6.07) is 17.0. The highest BCUT2D eigenvalue weighted by atomic mass is 16.5. The molecule has 7 aromatic rings. The second-order valence-corrected chi connectivity index (χ2v) is 14.5. The van der Waals surface area contributed by atoms with E-state index in [1.54, 1.807) is 42.5 Å². The quantitative estimate of drug-likeness (QED) is 0.113. The Morgan fingerprint density at radius 1 is 0.554 bits per heavy atom. The van der Waals surface area contributed by atoms with E-state index in [-0.39, 0.29) is 92.4 Å². The molecule has 1 atom stereocenters. The van der Waals surface area contributed by atoms with Gasteiger partial charge in [-0.05, 0) is 83.0 Å². The second kappa shape index (κ2) is 12.0. The molecule has 2 aliphatic rings. The van der Waals surface area contributed by atoms with Crippen molar-refractivity contribution >= 4 is 61.6 Å². The number of rotatable bonds is 7. The fourth-order valence-corrected chi connectivity index (χ4v) is 8.38. The molecule has 0 saturated heterocycles. The van der Waals surface area contributed by atoms with Crippen molar-refractivity contribution in [1.29, 1.82) is 0 Å². The lowest BCUT2D eigenvalue weighted by Gasteiger charge is -2.39. The molecule has 0 saturated carbocycles. The van der Waals surface area contributed by atoms with Crippen molar-refractivity contribution in [3.8, 4) is 28.7 Å². The Bertz CT molecular complexity index is 2870. The smallest absolute Gasteiger partial charge is 0.163 e. The number of phenols is 4. The van der Waals surface area contributed by atoms with Gasteiger partial charge in [-0.1, -0.05) is 0 Å². The molecule has 1 aliphatic heterocycles. The number of carbonyl (C=O) groups excluding carboxylic acids is 4. The highest BCUT2D eigenvalue weighted by Crippen LogP contribution is 2.63. The number of phenolic OH excluding ortho intramolecular Hbond substituents is 4. The van der Waals surface area contributed by atoms with Gasteiger partial charge in [-0.15, -0.1) is 0 Å². The number of ether oxygens (including phenoxy) is 1. The molecule has 280 valence electrons. The number of hydrogen-bond donors (Lipinski definition) is 4. The third-order valence-electron chi connectivity index (χ3n) is 11.1. The SMILES string of the molecule is CC(=O)c1cc2c(cc1O)OC1=C(c3cc4cc(C(C)=O)c(O)cc4o3)CCC(c3cc4cc(C(C)=O)c(O)cc4o3)(c3cc4cc(C(C)=O)c(O)cc4o3)[C@@H]12. The van der Waals surface area contributed by atoms with Crippen molar-refractivity contribution in [2.75, 3.05) is 0 Å². The molecule has 3 aromatic heterocycles. The molecule has 4 heterocycles. The molecular formula is C44H32O12. The number of allylic oxidation sites excluding steroid dienone is 2. The topological polar surface area (TPSA) is 198 Å². The van der Waals surface area contributed by atoms with Crippen LogP contribution in [-0.4, -0.2) is 43.6 Å². The first-order valence-electron chi connectivity index (χ1n) is 17.8. The lowest BCUT2D eigenvalue weighted by molar-refractivity contribution is 0.100. The monoisotopic (exact) mass is 752 g/mol. The van der Waals surface area contributed by atoms with Gasteiger partial charge in [0.2, 0.25) is 0 Å². The minimum Gasteiger partial charge on any atom is -0.507 e. The van der Waals surface area contributed by atoms with Crippen molar-refractivity contribution in [3.63, 3.8) is 0 Å². The van der Waals surface area contributed by atoms with Crippen LogP contribution in [0.25, 0.3) is 38.5 Å². The highest BCUT2D eigenvalue weighted by Gasteiger charge is 2.57. The largest absolute Gasteiger partial charge is 0.507 e. The third kappa shape index (κ3) is 4.98. The Kier molecular flexibility index (Phi) is 7.40. The van der Waals surface area contributed by atoms with Crippen molar-refractivity contribution in [1.82, 2.24) is 0 Å². The zero-order valence-electron chi connectivity index (χ0n) is 30.4. The molecule has 12 heteroatoms. The standard InChI is InChI=1S/C44H32O12/c1-18(45)26-7-22-10-38(53-35(22)14-31(26)49)25-5-6-44(40-11-23-8-27(19(2)46)32(50)15-36(23)54-40,41-12-24-9-28(20(3)47)33(51)16-37(24)55-41)42-30-13-29(21(4)48)34(52)17-39(30)56-43(25)42/h7-17,42,49-52H,5-6H2,1-4H3/t42-/m1/s1. The highest BCUT2D eigenvalue weighted by molar-refractivity contribution is 6.03. The van der Waals surface area contributed by atoms with Crippen LogP contribution in [0.4, 0.5) is 0 Å². The second-order valence-electron chi connectivity index (χ2n) is 14.5. The maximum Gasteiger partial charge on any atom is 0.163 e. The van der Waals surface area contributed by atoms with Crippen LogP contribution in [0.3, 0.4) is 0 Å². The predicted octanol–water partition coefficient (Wildman–Crippen LogP) is 9.23. The van der Waals surface area contributed by atoms with E-state index in [0.29, 0.717) is 55.9 Å². The molecule has 0 bridgehead atoms. The maximum atomic E-state index is 12.9. The summed E-state index contributed by atoms with van der Waals surface area (Å²) in [6.07, 6.45) is 0.506. The van der Waals surface area contributed by atoms with Crippen LogP contribution in [0.2, 0.25) is 0 Å². The summed E-state index contributed by atoms with van der Waals surface area (Å²) in [7, 11) is 0. The maximum absolute atomic E-state index is 12.9. The van der Waals surface area contributed by atoms with Crippen LogP contribution in [-0.2, 0) is 5.41 Å². The average molecular weight is 753 g/mol. The Labute approximate surface area is 316 Å². The zero-order valence-corrected chi connectivity index (χ0v) is 30.4. The third-order valence-corrected chi connectivity index (χ3v) is 11.1.